The summed E-state index contributed by atoms with van der Waals surface area (Å²) in [6.45, 7) is 1.59. The monoisotopic (exact) mass is 352 g/mol. The zero-order chi connectivity index (χ0) is 18.5. The van der Waals surface area contributed by atoms with Crippen LogP contribution in [0.2, 0.25) is 0 Å². The van der Waals surface area contributed by atoms with Crippen LogP contribution in [0.25, 0.3) is 10.9 Å². The van der Waals surface area contributed by atoms with Crippen molar-refractivity contribution in [2.75, 3.05) is 19.0 Å². The quantitative estimate of drug-likeness (QED) is 0.668. The molecule has 0 bridgehead atoms. The molecule has 0 aliphatic carbocycles. The van der Waals surface area contributed by atoms with Gasteiger partial charge in [0.1, 0.15) is 5.75 Å². The van der Waals surface area contributed by atoms with E-state index in [0.29, 0.717) is 11.4 Å². The number of aromatic nitrogens is 1. The van der Waals surface area contributed by atoms with Gasteiger partial charge in [-0.2, -0.15) is 0 Å². The van der Waals surface area contributed by atoms with E-state index in [1.807, 2.05) is 31.2 Å². The molecule has 3 rings (SSSR count). The van der Waals surface area contributed by atoms with Gasteiger partial charge in [0, 0.05) is 22.3 Å². The van der Waals surface area contributed by atoms with E-state index < -0.39 is 5.97 Å². The fraction of sp³-hybridized carbons (Fsp3) is 0.200. The van der Waals surface area contributed by atoms with Crippen LogP contribution in [0.1, 0.15) is 11.3 Å². The Balaban J connectivity index is 1.54. The minimum Gasteiger partial charge on any atom is -0.497 e. The first-order valence-electron chi connectivity index (χ1n) is 8.22. The first-order valence-corrected chi connectivity index (χ1v) is 8.22. The molecule has 0 aliphatic heterocycles. The molecule has 0 saturated carbocycles. The number of carbonyl (C=O) groups is 2. The molecule has 1 amide bonds. The molecule has 0 saturated heterocycles. The summed E-state index contributed by atoms with van der Waals surface area (Å²) in [5.74, 6) is -0.134. The largest absolute Gasteiger partial charge is 0.497 e. The first kappa shape index (κ1) is 17.5. The van der Waals surface area contributed by atoms with Gasteiger partial charge in [0.2, 0.25) is 0 Å². The van der Waals surface area contributed by atoms with Crippen LogP contribution in [-0.4, -0.2) is 30.6 Å². The van der Waals surface area contributed by atoms with E-state index in [1.54, 1.807) is 31.4 Å². The minimum absolute atomic E-state index is 0.117. The third-order valence-corrected chi connectivity index (χ3v) is 4.09. The third kappa shape index (κ3) is 4.03. The van der Waals surface area contributed by atoms with E-state index in [4.69, 9.17) is 9.47 Å². The summed E-state index contributed by atoms with van der Waals surface area (Å²) in [6, 6.07) is 14.7. The highest BCUT2D eigenvalue weighted by atomic mass is 16.5. The number of carbonyl (C=O) groups excluding carboxylic acids is 2. The Morgan fingerprint density at radius 1 is 1.08 bits per heavy atom. The molecular weight excluding hydrogens is 332 g/mol. The molecular formula is C20H20N2O4. The molecule has 26 heavy (non-hydrogen) atoms. The predicted octanol–water partition coefficient (Wildman–Crippen LogP) is 3.21. The first-order chi connectivity index (χ1) is 12.6. The summed E-state index contributed by atoms with van der Waals surface area (Å²) in [5.41, 5.74) is 3.40. The van der Waals surface area contributed by atoms with Gasteiger partial charge in [0.05, 0.1) is 13.5 Å². The number of esters is 1. The number of hydrogen-bond acceptors (Lipinski definition) is 4. The minimum atomic E-state index is -0.442. The van der Waals surface area contributed by atoms with Crippen molar-refractivity contribution in [3.63, 3.8) is 0 Å². The number of para-hydroxylation sites is 1. The van der Waals surface area contributed by atoms with Crippen molar-refractivity contribution in [3.8, 4) is 5.75 Å². The molecule has 0 spiro atoms. The zero-order valence-electron chi connectivity index (χ0n) is 14.7. The summed E-state index contributed by atoms with van der Waals surface area (Å²) in [7, 11) is 1.57. The number of anilines is 1. The molecule has 0 aliphatic rings. The van der Waals surface area contributed by atoms with Gasteiger partial charge in [0.15, 0.2) is 6.61 Å². The molecule has 0 unspecified atom stereocenters. The summed E-state index contributed by atoms with van der Waals surface area (Å²) in [4.78, 5) is 27.3. The Kier molecular flexibility index (Phi) is 5.22. The van der Waals surface area contributed by atoms with Crippen molar-refractivity contribution in [3.05, 3.63) is 59.8 Å². The van der Waals surface area contributed by atoms with E-state index in [2.05, 4.69) is 10.3 Å². The molecule has 6 nitrogen and oxygen atoms in total. The van der Waals surface area contributed by atoms with Crippen LogP contribution in [0.3, 0.4) is 0 Å². The van der Waals surface area contributed by atoms with E-state index in [1.165, 1.54) is 0 Å². The van der Waals surface area contributed by atoms with Gasteiger partial charge < -0.3 is 19.8 Å². The van der Waals surface area contributed by atoms with Crippen molar-refractivity contribution in [1.29, 1.82) is 0 Å². The summed E-state index contributed by atoms with van der Waals surface area (Å²) in [6.07, 6.45) is 0.117. The maximum atomic E-state index is 12.1. The molecule has 1 heterocycles. The Morgan fingerprint density at radius 2 is 1.81 bits per heavy atom. The molecule has 134 valence electrons. The van der Waals surface area contributed by atoms with Gasteiger partial charge in [-0.3, -0.25) is 9.59 Å². The van der Waals surface area contributed by atoms with Crippen LogP contribution in [-0.2, 0) is 20.7 Å². The number of nitrogens with one attached hydrogen (secondary N) is 2. The number of aryl methyl sites for hydroxylation is 1. The standard InChI is InChI=1S/C20H20N2O4/c1-13-17(16-5-3-4-6-18(16)21-13)11-20(24)26-12-19(23)22-14-7-9-15(25-2)10-8-14/h3-10,21H,11-12H2,1-2H3,(H,22,23). The molecule has 0 radical (unpaired) electrons. The number of fused-ring (bicyclic) bond motifs is 1. The van der Waals surface area contributed by atoms with Crippen molar-refractivity contribution >= 4 is 28.5 Å². The molecule has 0 atom stereocenters. The second-order valence-corrected chi connectivity index (χ2v) is 5.89. The summed E-state index contributed by atoms with van der Waals surface area (Å²) in [5, 5.41) is 3.66. The second-order valence-electron chi connectivity index (χ2n) is 5.89. The number of amides is 1. The van der Waals surface area contributed by atoms with Crippen LogP contribution in [0.4, 0.5) is 5.69 Å². The van der Waals surface area contributed by atoms with Crippen molar-refractivity contribution in [2.45, 2.75) is 13.3 Å². The lowest BCUT2D eigenvalue weighted by molar-refractivity contribution is -0.146. The zero-order valence-corrected chi connectivity index (χ0v) is 14.7. The highest BCUT2D eigenvalue weighted by Gasteiger charge is 2.14. The van der Waals surface area contributed by atoms with Crippen LogP contribution in [0.5, 0.6) is 5.75 Å². The van der Waals surface area contributed by atoms with Gasteiger partial charge in [0.25, 0.3) is 5.91 Å². The van der Waals surface area contributed by atoms with Crippen LogP contribution >= 0.6 is 0 Å². The number of hydrogen-bond donors (Lipinski definition) is 2. The fourth-order valence-corrected chi connectivity index (χ4v) is 2.78. The number of benzene rings is 2. The van der Waals surface area contributed by atoms with Gasteiger partial charge in [-0.1, -0.05) is 18.2 Å². The van der Waals surface area contributed by atoms with E-state index >= 15 is 0 Å². The maximum absolute atomic E-state index is 12.1. The van der Waals surface area contributed by atoms with Gasteiger partial charge in [-0.25, -0.2) is 0 Å². The van der Waals surface area contributed by atoms with Crippen molar-refractivity contribution in [1.82, 2.24) is 4.98 Å². The third-order valence-electron chi connectivity index (χ3n) is 4.09. The lowest BCUT2D eigenvalue weighted by Gasteiger charge is -2.07. The van der Waals surface area contributed by atoms with Gasteiger partial charge in [-0.15, -0.1) is 0 Å². The number of ether oxygens (including phenoxy) is 2. The van der Waals surface area contributed by atoms with Gasteiger partial charge >= 0.3 is 5.97 Å². The number of rotatable bonds is 6. The molecule has 6 heteroatoms. The highest BCUT2D eigenvalue weighted by molar-refractivity contribution is 5.93. The van der Waals surface area contributed by atoms with Crippen LogP contribution in [0, 0.1) is 6.92 Å². The molecule has 0 fully saturated rings. The van der Waals surface area contributed by atoms with Crippen LogP contribution < -0.4 is 10.1 Å². The normalized spacial score (nSPS) is 10.5. The average molecular weight is 352 g/mol. The van der Waals surface area contributed by atoms with E-state index in [0.717, 1.165) is 22.2 Å². The molecule has 2 aromatic carbocycles. The SMILES string of the molecule is COc1ccc(NC(=O)COC(=O)Cc2c(C)[nH]c3ccccc23)cc1. The lowest BCUT2D eigenvalue weighted by atomic mass is 10.1. The molecule has 2 N–H and O–H groups in total. The number of aromatic amines is 1. The predicted molar refractivity (Wildman–Crippen MR) is 99.3 cm³/mol. The van der Waals surface area contributed by atoms with E-state index in [-0.39, 0.29) is 18.9 Å². The fourth-order valence-electron chi connectivity index (χ4n) is 2.78. The lowest BCUT2D eigenvalue weighted by Crippen LogP contribution is -2.21. The smallest absolute Gasteiger partial charge is 0.310 e. The molecule has 1 aromatic heterocycles. The van der Waals surface area contributed by atoms with Crippen molar-refractivity contribution in [2.24, 2.45) is 0 Å². The molecule has 3 aromatic rings. The highest BCUT2D eigenvalue weighted by Crippen LogP contribution is 2.22. The average Bonchev–Trinajstić information content (AvgIpc) is 2.96. The van der Waals surface area contributed by atoms with Crippen LogP contribution in [0.15, 0.2) is 48.5 Å². The Hall–Kier alpha value is -3.28. The Labute approximate surface area is 151 Å². The summed E-state index contributed by atoms with van der Waals surface area (Å²) < 4.78 is 10.2. The second kappa shape index (κ2) is 7.74. The summed E-state index contributed by atoms with van der Waals surface area (Å²) >= 11 is 0. The number of H-pyrrole nitrogens is 1. The van der Waals surface area contributed by atoms with E-state index in [9.17, 15) is 9.59 Å². The topological polar surface area (TPSA) is 80.4 Å². The number of methoxy groups -OCH3 is 1. The Morgan fingerprint density at radius 3 is 2.54 bits per heavy atom. The van der Waals surface area contributed by atoms with Crippen molar-refractivity contribution < 1.29 is 19.1 Å². The maximum Gasteiger partial charge on any atom is 0.310 e. The Bertz CT molecular complexity index is 929. The van der Waals surface area contributed by atoms with Gasteiger partial charge in [-0.05, 0) is 42.8 Å².